The molecule has 0 aliphatic carbocycles. The molecule has 0 aromatic heterocycles. The van der Waals surface area contributed by atoms with Crippen molar-refractivity contribution in [3.05, 3.63) is 28.2 Å². The summed E-state index contributed by atoms with van der Waals surface area (Å²) >= 11 is 5.19. The number of urea groups is 1. The number of anilines is 1. The Kier molecular flexibility index (Phi) is 5.31. The zero-order chi connectivity index (χ0) is 14.5. The van der Waals surface area contributed by atoms with Crippen LogP contribution in [0.5, 0.6) is 0 Å². The lowest BCUT2D eigenvalue weighted by Crippen LogP contribution is -2.33. The van der Waals surface area contributed by atoms with Gasteiger partial charge in [0.2, 0.25) is 0 Å². The van der Waals surface area contributed by atoms with Gasteiger partial charge in [0.25, 0.3) is 0 Å². The van der Waals surface area contributed by atoms with Crippen LogP contribution in [0.1, 0.15) is 16.8 Å². The molecule has 5 nitrogen and oxygen atoms in total. The minimum atomic E-state index is -1.02. The number of carboxylic acid groups (broad SMARTS) is 1. The van der Waals surface area contributed by atoms with E-state index in [9.17, 15) is 9.59 Å². The monoisotopic (exact) mass is 358 g/mol. The van der Waals surface area contributed by atoms with E-state index in [4.69, 9.17) is 5.11 Å². The van der Waals surface area contributed by atoms with Crippen molar-refractivity contribution in [2.45, 2.75) is 6.42 Å². The molecule has 1 unspecified atom stereocenters. The van der Waals surface area contributed by atoms with E-state index in [1.807, 2.05) is 11.8 Å². The standard InChI is InChI=1S/C13H15BrN2O3S/c14-10-2-1-9(12(17)18)5-11(10)16-13(19)15-6-8-3-4-20-7-8/h1-2,5,8H,3-4,6-7H2,(H,17,18)(H2,15,16,19). The van der Waals surface area contributed by atoms with Crippen molar-refractivity contribution in [1.82, 2.24) is 5.32 Å². The van der Waals surface area contributed by atoms with E-state index in [1.165, 1.54) is 12.1 Å². The smallest absolute Gasteiger partial charge is 0.335 e. The molecule has 1 fully saturated rings. The van der Waals surface area contributed by atoms with E-state index < -0.39 is 5.97 Å². The first-order valence-electron chi connectivity index (χ1n) is 6.21. The molecule has 3 N–H and O–H groups in total. The van der Waals surface area contributed by atoms with Crippen LogP contribution in [0.25, 0.3) is 0 Å². The summed E-state index contributed by atoms with van der Waals surface area (Å²) < 4.78 is 0.647. The third-order valence-electron chi connectivity index (χ3n) is 3.04. The van der Waals surface area contributed by atoms with Crippen molar-refractivity contribution in [2.24, 2.45) is 5.92 Å². The van der Waals surface area contributed by atoms with E-state index in [0.717, 1.165) is 17.9 Å². The van der Waals surface area contributed by atoms with E-state index in [-0.39, 0.29) is 11.6 Å². The van der Waals surface area contributed by atoms with Crippen LogP contribution in [0.4, 0.5) is 10.5 Å². The SMILES string of the molecule is O=C(NCC1CCSC1)Nc1cc(C(=O)O)ccc1Br. The summed E-state index contributed by atoms with van der Waals surface area (Å²) in [6.45, 7) is 0.648. The van der Waals surface area contributed by atoms with Crippen molar-refractivity contribution < 1.29 is 14.7 Å². The maximum Gasteiger partial charge on any atom is 0.335 e. The molecule has 0 radical (unpaired) electrons. The number of carboxylic acids is 1. The minimum Gasteiger partial charge on any atom is -0.478 e. The highest BCUT2D eigenvalue weighted by molar-refractivity contribution is 9.10. The lowest BCUT2D eigenvalue weighted by molar-refractivity contribution is 0.0697. The molecule has 2 rings (SSSR count). The van der Waals surface area contributed by atoms with Crippen LogP contribution >= 0.6 is 27.7 Å². The molecule has 1 aliphatic rings. The molecule has 1 saturated heterocycles. The Labute approximate surface area is 129 Å². The van der Waals surface area contributed by atoms with E-state index >= 15 is 0 Å². The van der Waals surface area contributed by atoms with Crippen molar-refractivity contribution in [1.29, 1.82) is 0 Å². The van der Waals surface area contributed by atoms with Gasteiger partial charge >= 0.3 is 12.0 Å². The van der Waals surface area contributed by atoms with E-state index in [1.54, 1.807) is 6.07 Å². The van der Waals surface area contributed by atoms with Gasteiger partial charge in [0.1, 0.15) is 0 Å². The quantitative estimate of drug-likeness (QED) is 0.772. The van der Waals surface area contributed by atoms with Crippen LogP contribution < -0.4 is 10.6 Å². The summed E-state index contributed by atoms with van der Waals surface area (Å²) in [7, 11) is 0. The second-order valence-corrected chi connectivity index (χ2v) is 6.57. The Hall–Kier alpha value is -1.21. The van der Waals surface area contributed by atoms with Crippen molar-refractivity contribution in [2.75, 3.05) is 23.4 Å². The second kappa shape index (κ2) is 6.99. The Bertz CT molecular complexity index is 518. The molecule has 1 aromatic carbocycles. The summed E-state index contributed by atoms with van der Waals surface area (Å²) in [5.41, 5.74) is 0.582. The Morgan fingerprint density at radius 1 is 1.45 bits per heavy atom. The Balaban J connectivity index is 1.92. The summed E-state index contributed by atoms with van der Waals surface area (Å²) in [4.78, 5) is 22.7. The van der Waals surface area contributed by atoms with Gasteiger partial charge in [0, 0.05) is 11.0 Å². The fourth-order valence-electron chi connectivity index (χ4n) is 1.90. The van der Waals surface area contributed by atoms with Gasteiger partial charge in [0.05, 0.1) is 11.3 Å². The Morgan fingerprint density at radius 2 is 2.25 bits per heavy atom. The highest BCUT2D eigenvalue weighted by Crippen LogP contribution is 2.24. The first-order chi connectivity index (χ1) is 9.56. The number of thioether (sulfide) groups is 1. The number of carbonyl (C=O) groups is 2. The fourth-order valence-corrected chi connectivity index (χ4v) is 3.53. The predicted octanol–water partition coefficient (Wildman–Crippen LogP) is 3.02. The number of hydrogen-bond donors (Lipinski definition) is 3. The van der Waals surface area contributed by atoms with Gasteiger partial charge in [-0.3, -0.25) is 0 Å². The molecule has 7 heteroatoms. The first kappa shape index (κ1) is 15.2. The molecule has 1 heterocycles. The number of amides is 2. The van der Waals surface area contributed by atoms with Crippen molar-refractivity contribution in [3.8, 4) is 0 Å². The highest BCUT2D eigenvalue weighted by Gasteiger charge is 2.16. The fraction of sp³-hybridized carbons (Fsp3) is 0.385. The van der Waals surface area contributed by atoms with Crippen LogP contribution in [0.3, 0.4) is 0 Å². The summed E-state index contributed by atoms with van der Waals surface area (Å²) in [6.07, 6.45) is 1.13. The molecule has 0 bridgehead atoms. The molecule has 1 aromatic rings. The molecular weight excluding hydrogens is 344 g/mol. The molecule has 0 spiro atoms. The first-order valence-corrected chi connectivity index (χ1v) is 8.16. The van der Waals surface area contributed by atoms with Crippen molar-refractivity contribution in [3.63, 3.8) is 0 Å². The maximum absolute atomic E-state index is 11.8. The number of halogens is 1. The Morgan fingerprint density at radius 3 is 2.90 bits per heavy atom. The predicted molar refractivity (Wildman–Crippen MR) is 83.6 cm³/mol. The number of carbonyl (C=O) groups excluding carboxylic acids is 1. The number of nitrogens with one attached hydrogen (secondary N) is 2. The van der Waals surface area contributed by atoms with Gasteiger partial charge in [-0.05, 0) is 58.0 Å². The van der Waals surface area contributed by atoms with E-state index in [0.29, 0.717) is 22.6 Å². The number of hydrogen-bond acceptors (Lipinski definition) is 3. The van der Waals surface area contributed by atoms with Gasteiger partial charge in [-0.2, -0.15) is 11.8 Å². The molecular formula is C13H15BrN2O3S. The van der Waals surface area contributed by atoms with Gasteiger partial charge < -0.3 is 15.7 Å². The molecule has 1 atom stereocenters. The average molecular weight is 359 g/mol. The zero-order valence-electron chi connectivity index (χ0n) is 10.7. The molecule has 1 aliphatic heterocycles. The van der Waals surface area contributed by atoms with Crippen LogP contribution in [-0.4, -0.2) is 35.2 Å². The molecule has 0 saturated carbocycles. The topological polar surface area (TPSA) is 78.4 Å². The van der Waals surface area contributed by atoms with Crippen LogP contribution in [0, 0.1) is 5.92 Å². The normalized spacial score (nSPS) is 17.8. The van der Waals surface area contributed by atoms with Gasteiger partial charge in [-0.15, -0.1) is 0 Å². The lowest BCUT2D eigenvalue weighted by Gasteiger charge is -2.12. The number of aromatic carboxylic acids is 1. The van der Waals surface area contributed by atoms with Gasteiger partial charge in [0.15, 0.2) is 0 Å². The van der Waals surface area contributed by atoms with Crippen LogP contribution in [0.15, 0.2) is 22.7 Å². The molecule has 2 amide bonds. The van der Waals surface area contributed by atoms with Crippen molar-refractivity contribution >= 4 is 45.4 Å². The zero-order valence-corrected chi connectivity index (χ0v) is 13.1. The second-order valence-electron chi connectivity index (χ2n) is 4.56. The largest absolute Gasteiger partial charge is 0.478 e. The van der Waals surface area contributed by atoms with Crippen LogP contribution in [-0.2, 0) is 0 Å². The van der Waals surface area contributed by atoms with Gasteiger partial charge in [-0.25, -0.2) is 9.59 Å². The maximum atomic E-state index is 11.8. The van der Waals surface area contributed by atoms with E-state index in [2.05, 4.69) is 26.6 Å². The third-order valence-corrected chi connectivity index (χ3v) is 4.96. The summed E-state index contributed by atoms with van der Waals surface area (Å²) in [6, 6.07) is 4.19. The lowest BCUT2D eigenvalue weighted by atomic mass is 10.1. The molecule has 108 valence electrons. The third kappa shape index (κ3) is 4.14. The summed E-state index contributed by atoms with van der Waals surface area (Å²) in [5, 5.41) is 14.4. The average Bonchev–Trinajstić information content (AvgIpc) is 2.92. The summed E-state index contributed by atoms with van der Waals surface area (Å²) in [5.74, 6) is 1.74. The van der Waals surface area contributed by atoms with Crippen LogP contribution in [0.2, 0.25) is 0 Å². The molecule has 20 heavy (non-hydrogen) atoms. The van der Waals surface area contributed by atoms with Gasteiger partial charge in [-0.1, -0.05) is 0 Å². The highest BCUT2D eigenvalue weighted by atomic mass is 79.9. The number of benzene rings is 1. The number of rotatable bonds is 4. The minimum absolute atomic E-state index is 0.135.